The van der Waals surface area contributed by atoms with Gasteiger partial charge in [0.15, 0.2) is 0 Å². The van der Waals surface area contributed by atoms with E-state index in [0.717, 1.165) is 30.4 Å². The SMILES string of the molecule is Cc1cccc(C)c1N1C[C@@](CN2CCCCC2)(C(=O)Nc2cc(C(F)(F)F)cc(C(F)(F)F)c2)[C@H](C)C1=O. The predicted octanol–water partition coefficient (Wildman–Crippen LogP) is 6.43. The van der Waals surface area contributed by atoms with Gasteiger partial charge in [0.2, 0.25) is 11.8 Å². The zero-order chi connectivity index (χ0) is 28.8. The zero-order valence-electron chi connectivity index (χ0n) is 22.0. The average molecular weight is 556 g/mol. The largest absolute Gasteiger partial charge is 0.416 e. The number of rotatable bonds is 5. The number of amides is 2. The molecule has 1 N–H and O–H groups in total. The van der Waals surface area contributed by atoms with Crippen LogP contribution in [0.15, 0.2) is 36.4 Å². The maximum Gasteiger partial charge on any atom is 0.416 e. The minimum absolute atomic E-state index is 0.0174. The van der Waals surface area contributed by atoms with Crippen LogP contribution in [0.3, 0.4) is 0 Å². The molecule has 2 amide bonds. The van der Waals surface area contributed by atoms with Crippen molar-refractivity contribution in [1.82, 2.24) is 4.90 Å². The number of benzene rings is 2. The Hall–Kier alpha value is -3.08. The lowest BCUT2D eigenvalue weighted by molar-refractivity contribution is -0.143. The third-order valence-corrected chi connectivity index (χ3v) is 7.87. The fourth-order valence-corrected chi connectivity index (χ4v) is 5.71. The van der Waals surface area contributed by atoms with Gasteiger partial charge in [-0.1, -0.05) is 31.5 Å². The quantitative estimate of drug-likeness (QED) is 0.433. The molecule has 39 heavy (non-hydrogen) atoms. The van der Waals surface area contributed by atoms with Gasteiger partial charge >= 0.3 is 12.4 Å². The Bertz CT molecular complexity index is 1200. The number of carbonyl (C=O) groups excluding carboxylic acids is 2. The average Bonchev–Trinajstić information content (AvgIpc) is 3.09. The lowest BCUT2D eigenvalue weighted by Gasteiger charge is -2.38. The van der Waals surface area contributed by atoms with E-state index in [1.807, 2.05) is 36.9 Å². The molecule has 2 aromatic carbocycles. The van der Waals surface area contributed by atoms with Crippen LogP contribution in [0.5, 0.6) is 0 Å². The van der Waals surface area contributed by atoms with E-state index in [2.05, 4.69) is 5.32 Å². The number of nitrogens with one attached hydrogen (secondary N) is 1. The molecule has 2 aliphatic heterocycles. The zero-order valence-corrected chi connectivity index (χ0v) is 22.0. The first-order valence-corrected chi connectivity index (χ1v) is 12.8. The minimum Gasteiger partial charge on any atom is -0.325 e. The van der Waals surface area contributed by atoms with E-state index in [1.54, 1.807) is 6.92 Å². The molecule has 4 rings (SSSR count). The van der Waals surface area contributed by atoms with Crippen LogP contribution in [-0.4, -0.2) is 42.9 Å². The van der Waals surface area contributed by atoms with E-state index < -0.39 is 46.4 Å². The van der Waals surface area contributed by atoms with Crippen molar-refractivity contribution in [3.63, 3.8) is 0 Å². The summed E-state index contributed by atoms with van der Waals surface area (Å²) in [5, 5.41) is 2.35. The number of hydrogen-bond acceptors (Lipinski definition) is 3. The molecular formula is C28H31F6N3O2. The molecule has 11 heteroatoms. The van der Waals surface area contributed by atoms with Gasteiger partial charge in [0.1, 0.15) is 0 Å². The van der Waals surface area contributed by atoms with Crippen molar-refractivity contribution in [2.45, 2.75) is 52.4 Å². The number of hydrogen-bond donors (Lipinski definition) is 1. The molecular weight excluding hydrogens is 524 g/mol. The maximum absolute atomic E-state index is 14.0. The molecule has 0 aromatic heterocycles. The molecule has 2 atom stereocenters. The van der Waals surface area contributed by atoms with Crippen molar-refractivity contribution in [3.05, 3.63) is 58.7 Å². The summed E-state index contributed by atoms with van der Waals surface area (Å²) in [7, 11) is 0. The summed E-state index contributed by atoms with van der Waals surface area (Å²) >= 11 is 0. The summed E-state index contributed by atoms with van der Waals surface area (Å²) < 4.78 is 80.7. The van der Waals surface area contributed by atoms with E-state index in [-0.39, 0.29) is 25.1 Å². The summed E-state index contributed by atoms with van der Waals surface area (Å²) in [4.78, 5) is 31.2. The van der Waals surface area contributed by atoms with Crippen LogP contribution in [0.4, 0.5) is 37.7 Å². The fourth-order valence-electron chi connectivity index (χ4n) is 5.71. The second-order valence-electron chi connectivity index (χ2n) is 10.6. The maximum atomic E-state index is 14.0. The van der Waals surface area contributed by atoms with E-state index in [0.29, 0.717) is 30.9 Å². The molecule has 2 aliphatic rings. The van der Waals surface area contributed by atoms with Crippen LogP contribution in [0.1, 0.15) is 48.4 Å². The number of carbonyl (C=O) groups is 2. The molecule has 0 aliphatic carbocycles. The fraction of sp³-hybridized carbons (Fsp3) is 0.500. The van der Waals surface area contributed by atoms with Crippen molar-refractivity contribution in [2.24, 2.45) is 11.3 Å². The Balaban J connectivity index is 1.76. The molecule has 0 spiro atoms. The van der Waals surface area contributed by atoms with Crippen molar-refractivity contribution >= 4 is 23.2 Å². The first-order chi connectivity index (χ1) is 18.1. The van der Waals surface area contributed by atoms with Crippen LogP contribution < -0.4 is 10.2 Å². The second kappa shape index (κ2) is 10.5. The van der Waals surface area contributed by atoms with Gasteiger partial charge in [-0.05, 0) is 69.1 Å². The normalized spacial score (nSPS) is 22.8. The van der Waals surface area contributed by atoms with Gasteiger partial charge in [-0.25, -0.2) is 0 Å². The molecule has 0 unspecified atom stereocenters. The number of piperidine rings is 1. The Morgan fingerprint density at radius 3 is 2.00 bits per heavy atom. The lowest BCUT2D eigenvalue weighted by Crippen LogP contribution is -2.51. The summed E-state index contributed by atoms with van der Waals surface area (Å²) in [5.41, 5.74) is -2.78. The number of likely N-dealkylation sites (tertiary alicyclic amines) is 1. The third kappa shape index (κ3) is 5.78. The molecule has 0 bridgehead atoms. The molecule has 2 aromatic rings. The summed E-state index contributed by atoms with van der Waals surface area (Å²) in [6.45, 7) is 6.75. The number of para-hydroxylation sites is 1. The van der Waals surface area contributed by atoms with Crippen LogP contribution in [0, 0.1) is 25.2 Å². The molecule has 0 radical (unpaired) electrons. The van der Waals surface area contributed by atoms with Gasteiger partial charge in [0.05, 0.1) is 22.5 Å². The highest BCUT2D eigenvalue weighted by atomic mass is 19.4. The number of halogens is 6. The second-order valence-corrected chi connectivity index (χ2v) is 10.6. The third-order valence-electron chi connectivity index (χ3n) is 7.87. The Labute approximate surface area is 223 Å². The Kier molecular flexibility index (Phi) is 7.77. The van der Waals surface area contributed by atoms with Gasteiger partial charge < -0.3 is 15.1 Å². The van der Waals surface area contributed by atoms with Crippen molar-refractivity contribution < 1.29 is 35.9 Å². The summed E-state index contributed by atoms with van der Waals surface area (Å²) in [6.07, 6.45) is -7.31. The van der Waals surface area contributed by atoms with Gasteiger partial charge in [-0.3, -0.25) is 9.59 Å². The number of alkyl halides is 6. The molecule has 2 heterocycles. The molecule has 2 saturated heterocycles. The summed E-state index contributed by atoms with van der Waals surface area (Å²) in [6, 6.07) is 6.53. The molecule has 0 saturated carbocycles. The van der Waals surface area contributed by atoms with E-state index in [4.69, 9.17) is 0 Å². The van der Waals surface area contributed by atoms with Crippen molar-refractivity contribution in [2.75, 3.05) is 36.4 Å². The smallest absolute Gasteiger partial charge is 0.325 e. The summed E-state index contributed by atoms with van der Waals surface area (Å²) in [5.74, 6) is -1.97. The topological polar surface area (TPSA) is 52.6 Å². The minimum atomic E-state index is -5.05. The highest BCUT2D eigenvalue weighted by molar-refractivity contribution is 6.08. The van der Waals surface area contributed by atoms with Gasteiger partial charge in [0.25, 0.3) is 0 Å². The Morgan fingerprint density at radius 2 is 1.49 bits per heavy atom. The lowest BCUT2D eigenvalue weighted by atomic mass is 9.76. The van der Waals surface area contributed by atoms with Gasteiger partial charge in [-0.15, -0.1) is 0 Å². The Morgan fingerprint density at radius 1 is 0.949 bits per heavy atom. The number of nitrogens with zero attached hydrogens (tertiary/aromatic N) is 2. The standard InChI is InChI=1S/C28H31F6N3O2/c1-17-8-7-9-18(2)23(17)37-16-26(19(3)24(37)38,15-36-10-5-4-6-11-36)25(39)35-22-13-20(27(29,30)31)12-21(14-22)28(32,33)34/h7-9,12-14,19H,4-6,10-11,15-16H2,1-3H3,(H,35,39)/t19-,26-/m1/s1. The molecule has 5 nitrogen and oxygen atoms in total. The van der Waals surface area contributed by atoms with E-state index >= 15 is 0 Å². The van der Waals surface area contributed by atoms with E-state index in [1.165, 1.54) is 4.90 Å². The monoisotopic (exact) mass is 555 g/mol. The predicted molar refractivity (Wildman–Crippen MR) is 135 cm³/mol. The van der Waals surface area contributed by atoms with E-state index in [9.17, 15) is 35.9 Å². The number of aryl methyl sites for hydroxylation is 2. The molecule has 2 fully saturated rings. The molecule has 212 valence electrons. The van der Waals surface area contributed by atoms with Crippen LogP contribution in [0.25, 0.3) is 0 Å². The van der Waals surface area contributed by atoms with Crippen molar-refractivity contribution in [3.8, 4) is 0 Å². The van der Waals surface area contributed by atoms with Gasteiger partial charge in [0, 0.05) is 24.5 Å². The highest BCUT2D eigenvalue weighted by Gasteiger charge is 2.56. The van der Waals surface area contributed by atoms with Crippen LogP contribution >= 0.6 is 0 Å². The first kappa shape index (κ1) is 28.9. The number of anilines is 2. The van der Waals surface area contributed by atoms with Gasteiger partial charge in [-0.2, -0.15) is 26.3 Å². The van der Waals surface area contributed by atoms with Crippen molar-refractivity contribution in [1.29, 1.82) is 0 Å². The van der Waals surface area contributed by atoms with Crippen LogP contribution in [-0.2, 0) is 21.9 Å². The first-order valence-electron chi connectivity index (χ1n) is 12.8. The van der Waals surface area contributed by atoms with Crippen LogP contribution in [0.2, 0.25) is 0 Å². The highest BCUT2D eigenvalue weighted by Crippen LogP contribution is 2.44.